The minimum Gasteiger partial charge on any atom is -0.478 e. The maximum atomic E-state index is 10.2. The molecular weight excluding hydrogens is 367 g/mol. The van der Waals surface area contributed by atoms with Crippen LogP contribution in [-0.4, -0.2) is 77.0 Å². The van der Waals surface area contributed by atoms with Crippen LogP contribution in [0.15, 0.2) is 18.6 Å². The van der Waals surface area contributed by atoms with Gasteiger partial charge < -0.3 is 35.6 Å². The van der Waals surface area contributed by atoms with Gasteiger partial charge >= 0.3 is 11.9 Å². The molecule has 0 aliphatic carbocycles. The van der Waals surface area contributed by atoms with Crippen LogP contribution in [0.2, 0.25) is 0 Å². The van der Waals surface area contributed by atoms with E-state index in [-0.39, 0.29) is 23.5 Å². The van der Waals surface area contributed by atoms with Crippen molar-refractivity contribution >= 4 is 18.0 Å². The van der Waals surface area contributed by atoms with Gasteiger partial charge in [0.2, 0.25) is 0 Å². The smallest absolute Gasteiger partial charge is 0.387 e. The number of carbonyl (C=O) groups is 2. The second-order valence-electron chi connectivity index (χ2n) is 4.44. The molecule has 24 heavy (non-hydrogen) atoms. The van der Waals surface area contributed by atoms with Gasteiger partial charge in [-0.05, 0) is 12.5 Å². The van der Waals surface area contributed by atoms with E-state index in [1.165, 1.54) is 12.4 Å². The molecule has 0 aliphatic heterocycles. The normalized spacial score (nSPS) is 15.4. The first-order valence-corrected chi connectivity index (χ1v) is 6.58. The topological polar surface area (TPSA) is 187 Å². The Labute approximate surface area is 148 Å². The maximum absolute atomic E-state index is 10.2. The maximum Gasteiger partial charge on any atom is 0.387 e. The summed E-state index contributed by atoms with van der Waals surface area (Å²) in [6.45, 7) is 1.57. The van der Waals surface area contributed by atoms with E-state index in [4.69, 9.17) is 30.6 Å². The van der Waals surface area contributed by atoms with Gasteiger partial charge in [0.15, 0.2) is 6.10 Å². The van der Waals surface area contributed by atoms with Crippen molar-refractivity contribution in [1.29, 1.82) is 0 Å². The summed E-state index contributed by atoms with van der Waals surface area (Å²) in [7, 11) is 0. The molecule has 1 heterocycles. The van der Waals surface area contributed by atoms with Gasteiger partial charge in [0.05, 0.1) is 18.1 Å². The molecule has 0 bridgehead atoms. The van der Waals surface area contributed by atoms with Crippen LogP contribution in [0.3, 0.4) is 0 Å². The SMILES string of the molecule is CCC(O)C(O)C(O)C([OH2+])C(=O)O.O=C(O)C=Cc1c[nH]cn1.[Mn]. The molecule has 0 saturated heterocycles. The Hall–Kier alpha value is -1.75. The van der Waals surface area contributed by atoms with E-state index >= 15 is 0 Å². The Balaban J connectivity index is 0. The van der Waals surface area contributed by atoms with Crippen LogP contribution in [0, 0.1) is 0 Å². The second kappa shape index (κ2) is 12.6. The van der Waals surface area contributed by atoms with Crippen molar-refractivity contribution in [3.05, 3.63) is 24.3 Å². The summed E-state index contributed by atoms with van der Waals surface area (Å²) in [5.41, 5.74) is 0.613. The van der Waals surface area contributed by atoms with Crippen LogP contribution >= 0.6 is 0 Å². The van der Waals surface area contributed by atoms with Crippen molar-refractivity contribution in [2.24, 2.45) is 0 Å². The van der Waals surface area contributed by atoms with E-state index in [2.05, 4.69) is 9.97 Å². The molecule has 0 spiro atoms. The van der Waals surface area contributed by atoms with Crippen molar-refractivity contribution < 1.29 is 57.3 Å². The molecule has 4 atom stereocenters. The van der Waals surface area contributed by atoms with Gasteiger partial charge in [-0.15, -0.1) is 0 Å². The number of rotatable bonds is 7. The number of nitrogens with zero attached hydrogens (tertiary/aromatic N) is 1. The molecule has 1 aromatic rings. The van der Waals surface area contributed by atoms with Gasteiger partial charge in [0.25, 0.3) is 6.10 Å². The van der Waals surface area contributed by atoms with Crippen molar-refractivity contribution in [2.75, 3.05) is 0 Å². The molecule has 0 amide bonds. The van der Waals surface area contributed by atoms with Crippen molar-refractivity contribution in [2.45, 2.75) is 37.8 Å². The molecule has 1 aromatic heterocycles. The number of aliphatic hydroxyl groups is 3. The van der Waals surface area contributed by atoms with Gasteiger partial charge in [-0.3, -0.25) is 0 Å². The largest absolute Gasteiger partial charge is 0.478 e. The Morgan fingerprint density at radius 3 is 2.25 bits per heavy atom. The zero-order valence-corrected chi connectivity index (χ0v) is 13.9. The fraction of sp³-hybridized carbons (Fsp3) is 0.462. The molecule has 0 fully saturated rings. The van der Waals surface area contributed by atoms with E-state index in [0.717, 1.165) is 6.08 Å². The summed E-state index contributed by atoms with van der Waals surface area (Å²) < 4.78 is 0. The number of aliphatic hydroxyl groups excluding tert-OH is 3. The Morgan fingerprint density at radius 1 is 1.29 bits per heavy atom. The second-order valence-corrected chi connectivity index (χ2v) is 4.44. The molecule has 0 aliphatic rings. The van der Waals surface area contributed by atoms with Crippen LogP contribution in [0.4, 0.5) is 0 Å². The van der Waals surface area contributed by atoms with Gasteiger partial charge in [-0.1, -0.05) is 6.92 Å². The number of aliphatic carboxylic acids is 2. The van der Waals surface area contributed by atoms with E-state index < -0.39 is 36.4 Å². The molecule has 137 valence electrons. The standard InChI is InChI=1S/C7H14O6.C6H6N2O2.Mn/c1-2-3(8)4(9)5(10)6(11)7(12)13;9-6(10)2-1-5-3-7-4-8-5;/h3-6,8-11H,2H2,1H3,(H,12,13);1-4H,(H,7,8)(H,9,10);/p+1. The quantitative estimate of drug-likeness (QED) is 0.179. The minimum absolute atomic E-state index is 0. The molecule has 1 rings (SSSR count). The first-order valence-electron chi connectivity index (χ1n) is 6.58. The number of H-pyrrole nitrogens is 1. The average molecular weight is 388 g/mol. The van der Waals surface area contributed by atoms with Gasteiger partial charge in [0, 0.05) is 29.3 Å². The summed E-state index contributed by atoms with van der Waals surface area (Å²) >= 11 is 0. The van der Waals surface area contributed by atoms with Crippen molar-refractivity contribution in [1.82, 2.24) is 9.97 Å². The predicted molar refractivity (Wildman–Crippen MR) is 78.6 cm³/mol. The van der Waals surface area contributed by atoms with Gasteiger partial charge in [0.1, 0.15) is 6.10 Å². The molecule has 11 heteroatoms. The number of aromatic nitrogens is 2. The first-order chi connectivity index (χ1) is 10.7. The predicted octanol–water partition coefficient (Wildman–Crippen LogP) is -1.84. The summed E-state index contributed by atoms with van der Waals surface area (Å²) in [6, 6.07) is 0. The Kier molecular flexibility index (Phi) is 12.9. The fourth-order valence-corrected chi connectivity index (χ4v) is 1.33. The molecule has 10 nitrogen and oxygen atoms in total. The van der Waals surface area contributed by atoms with Crippen LogP contribution in [-0.2, 0) is 26.7 Å². The first kappa shape index (κ1) is 24.5. The van der Waals surface area contributed by atoms with Crippen molar-refractivity contribution in [3.63, 3.8) is 0 Å². The van der Waals surface area contributed by atoms with Crippen LogP contribution in [0.5, 0.6) is 0 Å². The molecule has 8 N–H and O–H groups in total. The molecular formula is C13H21MnN2O8+. The number of nitrogens with one attached hydrogen (secondary N) is 1. The van der Waals surface area contributed by atoms with E-state index in [1.807, 2.05) is 0 Å². The Bertz CT molecular complexity index is 508. The molecule has 0 aromatic carbocycles. The summed E-state index contributed by atoms with van der Waals surface area (Å²) in [5, 5.41) is 50.7. The van der Waals surface area contributed by atoms with E-state index in [9.17, 15) is 9.59 Å². The summed E-state index contributed by atoms with van der Waals surface area (Å²) in [5.74, 6) is -2.50. The van der Waals surface area contributed by atoms with Gasteiger partial charge in [-0.2, -0.15) is 0 Å². The fourth-order valence-electron chi connectivity index (χ4n) is 1.33. The third-order valence-corrected chi connectivity index (χ3v) is 2.69. The molecule has 4 unspecified atom stereocenters. The number of imidazole rings is 1. The zero-order chi connectivity index (χ0) is 18.0. The molecule has 0 saturated carbocycles. The van der Waals surface area contributed by atoms with Crippen LogP contribution < -0.4 is 0 Å². The minimum atomic E-state index is -1.84. The number of carboxylic acids is 2. The van der Waals surface area contributed by atoms with Crippen LogP contribution in [0.25, 0.3) is 6.08 Å². The number of carboxylic acid groups (broad SMARTS) is 2. The van der Waals surface area contributed by atoms with E-state index in [1.54, 1.807) is 13.1 Å². The zero-order valence-electron chi connectivity index (χ0n) is 12.7. The number of hydrogen-bond donors (Lipinski definition) is 6. The third kappa shape index (κ3) is 9.40. The third-order valence-electron chi connectivity index (χ3n) is 2.69. The van der Waals surface area contributed by atoms with Crippen LogP contribution in [0.1, 0.15) is 19.0 Å². The Morgan fingerprint density at radius 2 is 1.88 bits per heavy atom. The number of aromatic amines is 1. The number of hydrogen-bond acceptors (Lipinski definition) is 6. The summed E-state index contributed by atoms with van der Waals surface area (Å²) in [6.07, 6.45) is -0.671. The average Bonchev–Trinajstić information content (AvgIpc) is 3.03. The van der Waals surface area contributed by atoms with E-state index in [0.29, 0.717) is 5.69 Å². The molecule has 1 radical (unpaired) electrons. The summed E-state index contributed by atoms with van der Waals surface area (Å²) in [4.78, 5) is 26.7. The van der Waals surface area contributed by atoms with Crippen molar-refractivity contribution in [3.8, 4) is 0 Å². The van der Waals surface area contributed by atoms with Gasteiger partial charge in [-0.25, -0.2) is 14.6 Å². The monoisotopic (exact) mass is 388 g/mol.